The Bertz CT molecular complexity index is 752. The molecular weight excluding hydrogens is 286 g/mol. The van der Waals surface area contributed by atoms with Crippen LogP contribution in [0, 0.1) is 13.8 Å². The number of nitrogens with one attached hydrogen (secondary N) is 1. The van der Waals surface area contributed by atoms with Crippen LogP contribution in [0.3, 0.4) is 0 Å². The normalized spacial score (nSPS) is 10.8. The first-order valence-corrected chi connectivity index (χ1v) is 7.54. The average Bonchev–Trinajstić information content (AvgIpc) is 3.15. The van der Waals surface area contributed by atoms with E-state index in [1.807, 2.05) is 35.9 Å². The second kappa shape index (κ2) is 5.61. The summed E-state index contributed by atoms with van der Waals surface area (Å²) in [5.74, 6) is 2.75. The minimum atomic E-state index is -0.155. The highest BCUT2D eigenvalue weighted by molar-refractivity contribution is 7.08. The third-order valence-electron chi connectivity index (χ3n) is 3.18. The largest absolute Gasteiger partial charge is 0.466 e. The van der Waals surface area contributed by atoms with Gasteiger partial charge in [-0.15, -0.1) is 0 Å². The number of rotatable bonds is 4. The predicted octanol–water partition coefficient (Wildman–Crippen LogP) is 4.15. The zero-order valence-electron chi connectivity index (χ0n) is 11.8. The molecule has 3 aromatic heterocycles. The van der Waals surface area contributed by atoms with Crippen LogP contribution in [0.5, 0.6) is 0 Å². The number of furan rings is 2. The summed E-state index contributed by atoms with van der Waals surface area (Å²) in [7, 11) is 0. The van der Waals surface area contributed by atoms with E-state index in [1.54, 1.807) is 24.3 Å². The molecule has 0 saturated heterocycles. The standard InChI is InChI=1S/C16H15NO3S/c1-10-7-14(11(2)19-10)16(18)17-8-13-3-4-15(20-13)12-5-6-21-9-12/h3-7,9H,8H2,1-2H3,(H,17,18). The van der Waals surface area contributed by atoms with Crippen LogP contribution in [0.4, 0.5) is 0 Å². The van der Waals surface area contributed by atoms with Crippen molar-refractivity contribution >= 4 is 17.2 Å². The van der Waals surface area contributed by atoms with Gasteiger partial charge in [0, 0.05) is 10.9 Å². The van der Waals surface area contributed by atoms with Gasteiger partial charge < -0.3 is 14.2 Å². The Labute approximate surface area is 126 Å². The number of hydrogen-bond donors (Lipinski definition) is 1. The van der Waals surface area contributed by atoms with Crippen molar-refractivity contribution in [2.45, 2.75) is 20.4 Å². The quantitative estimate of drug-likeness (QED) is 0.787. The van der Waals surface area contributed by atoms with Gasteiger partial charge in [-0.2, -0.15) is 11.3 Å². The molecule has 0 atom stereocenters. The number of hydrogen-bond acceptors (Lipinski definition) is 4. The van der Waals surface area contributed by atoms with Crippen molar-refractivity contribution in [2.75, 3.05) is 0 Å². The summed E-state index contributed by atoms with van der Waals surface area (Å²) >= 11 is 1.62. The Morgan fingerprint density at radius 1 is 1.24 bits per heavy atom. The zero-order valence-corrected chi connectivity index (χ0v) is 12.6. The molecule has 0 bridgehead atoms. The monoisotopic (exact) mass is 301 g/mol. The minimum Gasteiger partial charge on any atom is -0.466 e. The van der Waals surface area contributed by atoms with E-state index in [4.69, 9.17) is 8.83 Å². The van der Waals surface area contributed by atoms with Gasteiger partial charge in [0.2, 0.25) is 0 Å². The summed E-state index contributed by atoms with van der Waals surface area (Å²) in [6.07, 6.45) is 0. The van der Waals surface area contributed by atoms with Crippen molar-refractivity contribution in [2.24, 2.45) is 0 Å². The number of carbonyl (C=O) groups is 1. The van der Waals surface area contributed by atoms with E-state index in [9.17, 15) is 4.79 Å². The Hall–Kier alpha value is -2.27. The smallest absolute Gasteiger partial charge is 0.255 e. The molecule has 0 aliphatic heterocycles. The molecule has 1 amide bonds. The van der Waals surface area contributed by atoms with E-state index in [1.165, 1.54) is 0 Å². The van der Waals surface area contributed by atoms with Crippen LogP contribution in [0.15, 0.2) is 43.9 Å². The van der Waals surface area contributed by atoms with Crippen LogP contribution in [0.1, 0.15) is 27.6 Å². The van der Waals surface area contributed by atoms with E-state index >= 15 is 0 Å². The highest BCUT2D eigenvalue weighted by atomic mass is 32.1. The highest BCUT2D eigenvalue weighted by Crippen LogP contribution is 2.24. The van der Waals surface area contributed by atoms with Crippen LogP contribution < -0.4 is 5.32 Å². The SMILES string of the molecule is Cc1cc(C(=O)NCc2ccc(-c3ccsc3)o2)c(C)o1. The maximum Gasteiger partial charge on any atom is 0.255 e. The number of thiophene rings is 1. The van der Waals surface area contributed by atoms with Gasteiger partial charge >= 0.3 is 0 Å². The van der Waals surface area contributed by atoms with Gasteiger partial charge in [-0.3, -0.25) is 4.79 Å². The van der Waals surface area contributed by atoms with Gasteiger partial charge in [-0.25, -0.2) is 0 Å². The third kappa shape index (κ3) is 2.92. The second-order valence-electron chi connectivity index (χ2n) is 4.79. The lowest BCUT2D eigenvalue weighted by Gasteiger charge is -2.01. The van der Waals surface area contributed by atoms with Crippen LogP contribution >= 0.6 is 11.3 Å². The fourth-order valence-corrected chi connectivity index (χ4v) is 2.80. The predicted molar refractivity (Wildman–Crippen MR) is 81.4 cm³/mol. The molecule has 0 radical (unpaired) electrons. The molecule has 108 valence electrons. The molecule has 21 heavy (non-hydrogen) atoms. The van der Waals surface area contributed by atoms with Gasteiger partial charge in [-0.1, -0.05) is 0 Å². The molecule has 0 spiro atoms. The molecule has 3 heterocycles. The summed E-state index contributed by atoms with van der Waals surface area (Å²) in [4.78, 5) is 12.1. The summed E-state index contributed by atoms with van der Waals surface area (Å²) in [5.41, 5.74) is 1.62. The van der Waals surface area contributed by atoms with E-state index in [0.29, 0.717) is 17.9 Å². The first kappa shape index (κ1) is 13.7. The van der Waals surface area contributed by atoms with Gasteiger partial charge in [-0.05, 0) is 43.5 Å². The van der Waals surface area contributed by atoms with Gasteiger partial charge in [0.05, 0.1) is 12.1 Å². The maximum absolute atomic E-state index is 12.1. The lowest BCUT2D eigenvalue weighted by molar-refractivity contribution is 0.0946. The second-order valence-corrected chi connectivity index (χ2v) is 5.57. The lowest BCUT2D eigenvalue weighted by Crippen LogP contribution is -2.22. The summed E-state index contributed by atoms with van der Waals surface area (Å²) in [6, 6.07) is 7.53. The fraction of sp³-hybridized carbons (Fsp3) is 0.188. The van der Waals surface area contributed by atoms with E-state index in [2.05, 4.69) is 5.32 Å². The van der Waals surface area contributed by atoms with Crippen molar-refractivity contribution in [3.8, 4) is 11.3 Å². The van der Waals surface area contributed by atoms with Crippen LogP contribution in [0.25, 0.3) is 11.3 Å². The molecular formula is C16H15NO3S. The number of amides is 1. The molecule has 0 aliphatic carbocycles. The minimum absolute atomic E-state index is 0.155. The van der Waals surface area contributed by atoms with E-state index in [0.717, 1.165) is 22.8 Å². The van der Waals surface area contributed by atoms with Crippen molar-refractivity contribution in [3.05, 3.63) is 57.9 Å². The van der Waals surface area contributed by atoms with Gasteiger partial charge in [0.15, 0.2) is 0 Å². The van der Waals surface area contributed by atoms with Crippen molar-refractivity contribution in [3.63, 3.8) is 0 Å². The average molecular weight is 301 g/mol. The Morgan fingerprint density at radius 3 is 2.76 bits per heavy atom. The summed E-state index contributed by atoms with van der Waals surface area (Å²) < 4.78 is 11.1. The molecule has 0 aliphatic rings. The van der Waals surface area contributed by atoms with Crippen molar-refractivity contribution < 1.29 is 13.6 Å². The molecule has 1 N–H and O–H groups in total. The molecule has 0 fully saturated rings. The molecule has 3 aromatic rings. The Morgan fingerprint density at radius 2 is 2.10 bits per heavy atom. The van der Waals surface area contributed by atoms with Crippen LogP contribution in [-0.4, -0.2) is 5.91 Å². The van der Waals surface area contributed by atoms with Gasteiger partial charge in [0.25, 0.3) is 5.91 Å². The third-order valence-corrected chi connectivity index (χ3v) is 3.86. The Balaban J connectivity index is 1.65. The topological polar surface area (TPSA) is 55.4 Å². The molecule has 0 aromatic carbocycles. The Kier molecular flexibility index (Phi) is 3.66. The van der Waals surface area contributed by atoms with E-state index < -0.39 is 0 Å². The molecule has 0 unspecified atom stereocenters. The first-order valence-electron chi connectivity index (χ1n) is 6.60. The van der Waals surface area contributed by atoms with Crippen LogP contribution in [0.2, 0.25) is 0 Å². The summed E-state index contributed by atoms with van der Waals surface area (Å²) in [6.45, 7) is 3.96. The zero-order chi connectivity index (χ0) is 14.8. The maximum atomic E-state index is 12.1. The number of aryl methyl sites for hydroxylation is 2. The highest BCUT2D eigenvalue weighted by Gasteiger charge is 2.14. The van der Waals surface area contributed by atoms with Crippen molar-refractivity contribution in [1.29, 1.82) is 0 Å². The van der Waals surface area contributed by atoms with Gasteiger partial charge in [0.1, 0.15) is 23.0 Å². The molecule has 3 rings (SSSR count). The number of carbonyl (C=O) groups excluding carboxylic acids is 1. The molecule has 0 saturated carbocycles. The molecule has 4 nitrogen and oxygen atoms in total. The summed E-state index contributed by atoms with van der Waals surface area (Å²) in [5, 5.41) is 6.87. The molecule has 5 heteroatoms. The van der Waals surface area contributed by atoms with Crippen molar-refractivity contribution in [1.82, 2.24) is 5.32 Å². The van der Waals surface area contributed by atoms with E-state index in [-0.39, 0.29) is 5.91 Å². The first-order chi connectivity index (χ1) is 10.1. The van der Waals surface area contributed by atoms with Crippen LogP contribution in [-0.2, 0) is 6.54 Å². The lowest BCUT2D eigenvalue weighted by atomic mass is 10.2. The fourth-order valence-electron chi connectivity index (χ4n) is 2.15.